The molecule has 172 valence electrons. The molecular formula is C25H21FN4O3S. The van der Waals surface area contributed by atoms with Gasteiger partial charge in [0, 0.05) is 16.5 Å². The van der Waals surface area contributed by atoms with Crippen molar-refractivity contribution in [3.8, 4) is 11.5 Å². The number of para-hydroxylation sites is 2. The summed E-state index contributed by atoms with van der Waals surface area (Å²) in [5, 5.41) is 10.9. The average molecular weight is 477 g/mol. The summed E-state index contributed by atoms with van der Waals surface area (Å²) in [4.78, 5) is 18.2. The van der Waals surface area contributed by atoms with Crippen LogP contribution in [0.2, 0.25) is 0 Å². The summed E-state index contributed by atoms with van der Waals surface area (Å²) in [6.45, 7) is 0. The number of amidine groups is 1. The number of nitrogens with zero attached hydrogens (tertiary/aromatic N) is 3. The molecule has 0 fully saturated rings. The van der Waals surface area contributed by atoms with Gasteiger partial charge in [-0.2, -0.15) is 0 Å². The van der Waals surface area contributed by atoms with E-state index in [-0.39, 0.29) is 11.7 Å². The molecule has 0 spiro atoms. The number of rotatable bonds is 5. The van der Waals surface area contributed by atoms with E-state index in [9.17, 15) is 9.18 Å². The normalized spacial score (nSPS) is 16.6. The summed E-state index contributed by atoms with van der Waals surface area (Å²) in [5.41, 5.74) is 1.61. The molecule has 2 heterocycles. The van der Waals surface area contributed by atoms with Crippen molar-refractivity contribution in [3.63, 3.8) is 0 Å². The van der Waals surface area contributed by atoms with Crippen LogP contribution in [0.5, 0.6) is 11.5 Å². The summed E-state index contributed by atoms with van der Waals surface area (Å²) < 4.78 is 25.2. The lowest BCUT2D eigenvalue weighted by atomic mass is 10.1. The van der Waals surface area contributed by atoms with Crippen molar-refractivity contribution in [2.45, 2.75) is 11.9 Å². The second kappa shape index (κ2) is 9.18. The minimum absolute atomic E-state index is 0.300. The molecule has 0 radical (unpaired) electrons. The van der Waals surface area contributed by atoms with Crippen LogP contribution in [0.3, 0.4) is 0 Å². The highest BCUT2D eigenvalue weighted by Gasteiger charge is 2.36. The highest BCUT2D eigenvalue weighted by molar-refractivity contribution is 8.13. The summed E-state index contributed by atoms with van der Waals surface area (Å²) in [6, 6.07) is 19.5. The Kier molecular flexibility index (Phi) is 5.93. The molecule has 0 bridgehead atoms. The zero-order valence-electron chi connectivity index (χ0n) is 18.5. The van der Waals surface area contributed by atoms with Crippen LogP contribution in [0.15, 0.2) is 76.8 Å². The molecule has 0 unspecified atom stereocenters. The van der Waals surface area contributed by atoms with Crippen molar-refractivity contribution in [2.75, 3.05) is 14.2 Å². The van der Waals surface area contributed by atoms with Crippen molar-refractivity contribution >= 4 is 28.5 Å². The van der Waals surface area contributed by atoms with Crippen LogP contribution in [0.4, 0.5) is 4.39 Å². The number of amides is 1. The Morgan fingerprint density at radius 1 is 1.03 bits per heavy atom. The van der Waals surface area contributed by atoms with E-state index in [4.69, 9.17) is 19.6 Å². The van der Waals surface area contributed by atoms with Gasteiger partial charge in [-0.05, 0) is 23.8 Å². The smallest absolute Gasteiger partial charge is 0.276 e. The van der Waals surface area contributed by atoms with Gasteiger partial charge in [-0.25, -0.2) is 9.40 Å². The van der Waals surface area contributed by atoms with Crippen LogP contribution in [0.25, 0.3) is 5.70 Å². The highest BCUT2D eigenvalue weighted by Crippen LogP contribution is 2.40. The highest BCUT2D eigenvalue weighted by atomic mass is 32.2. The molecule has 34 heavy (non-hydrogen) atoms. The van der Waals surface area contributed by atoms with Gasteiger partial charge in [0.2, 0.25) is 0 Å². The standard InChI is InChI=1S/C25H21FN4O3S/c1-32-20-13-7-10-17(22(20)33-2)23-27-19-12-6-4-9-16(19)21-24(31)28-25(29-30(21)23)34-14-15-8-3-5-11-18(15)26/h3-13,23H,14H2,1-2H3,(H,28,29,31)/t23-/m0/s1. The van der Waals surface area contributed by atoms with Crippen LogP contribution in [0, 0.1) is 5.82 Å². The number of methoxy groups -OCH3 is 2. The number of hydrogen-bond donors (Lipinski definition) is 1. The lowest BCUT2D eigenvalue weighted by Gasteiger charge is -2.34. The molecule has 2 aliphatic rings. The van der Waals surface area contributed by atoms with E-state index < -0.39 is 6.17 Å². The Balaban J connectivity index is 1.61. The summed E-state index contributed by atoms with van der Waals surface area (Å²) in [6.07, 6.45) is -0.662. The molecule has 9 heteroatoms. The van der Waals surface area contributed by atoms with Crippen molar-refractivity contribution in [1.29, 1.82) is 0 Å². The maximum Gasteiger partial charge on any atom is 0.276 e. The van der Waals surface area contributed by atoms with Gasteiger partial charge in [-0.15, -0.1) is 5.10 Å². The molecule has 0 aliphatic carbocycles. The predicted molar refractivity (Wildman–Crippen MR) is 128 cm³/mol. The lowest BCUT2D eigenvalue weighted by molar-refractivity contribution is -0.116. The zero-order valence-corrected chi connectivity index (χ0v) is 19.3. The third-order valence-electron chi connectivity index (χ3n) is 5.55. The van der Waals surface area contributed by atoms with Crippen molar-refractivity contribution in [1.82, 2.24) is 10.3 Å². The van der Waals surface area contributed by atoms with E-state index in [0.29, 0.717) is 49.8 Å². The Labute approximate surface area is 199 Å². The second-order valence-electron chi connectivity index (χ2n) is 7.54. The number of benzene rings is 3. The fourth-order valence-corrected chi connectivity index (χ4v) is 4.81. The lowest BCUT2D eigenvalue weighted by Crippen LogP contribution is -2.50. The largest absolute Gasteiger partial charge is 0.493 e. The van der Waals surface area contributed by atoms with E-state index in [1.807, 2.05) is 36.4 Å². The van der Waals surface area contributed by atoms with Crippen LogP contribution >= 0.6 is 11.8 Å². The molecule has 0 aromatic heterocycles. The van der Waals surface area contributed by atoms with Crippen molar-refractivity contribution < 1.29 is 18.7 Å². The maximum atomic E-state index is 14.1. The number of fused-ring (bicyclic) bond motifs is 2. The maximum absolute atomic E-state index is 14.1. The number of carbonyl (C=O) groups excluding carboxylic acids is 1. The number of thioether (sulfide) groups is 1. The van der Waals surface area contributed by atoms with Crippen LogP contribution in [-0.4, -0.2) is 30.3 Å². The van der Waals surface area contributed by atoms with Gasteiger partial charge in [-0.3, -0.25) is 15.1 Å². The Bertz CT molecular complexity index is 1430. The SMILES string of the molecule is COc1cccc([C@H]2N=c3ccccc3=C3C(=O)NC(SCc4ccccc4F)=NN32)c1OC. The summed E-state index contributed by atoms with van der Waals surface area (Å²) >= 11 is 1.25. The third-order valence-corrected chi connectivity index (χ3v) is 6.46. The van der Waals surface area contributed by atoms with Crippen molar-refractivity contribution in [2.24, 2.45) is 10.1 Å². The predicted octanol–water partition coefficient (Wildman–Crippen LogP) is 2.92. The number of carbonyl (C=O) groups is 1. The molecule has 2 aliphatic heterocycles. The Morgan fingerprint density at radius 3 is 2.62 bits per heavy atom. The molecule has 5 rings (SSSR count). The van der Waals surface area contributed by atoms with Gasteiger partial charge in [0.05, 0.1) is 19.6 Å². The fraction of sp³-hybridized carbons (Fsp3) is 0.160. The van der Waals surface area contributed by atoms with Crippen LogP contribution in [0.1, 0.15) is 17.3 Å². The van der Waals surface area contributed by atoms with E-state index in [2.05, 4.69) is 5.32 Å². The van der Waals surface area contributed by atoms with E-state index in [0.717, 1.165) is 0 Å². The third kappa shape index (κ3) is 3.88. The number of hydrazone groups is 1. The fourth-order valence-electron chi connectivity index (χ4n) is 3.97. The zero-order chi connectivity index (χ0) is 23.7. The summed E-state index contributed by atoms with van der Waals surface area (Å²) in [5.74, 6) is 0.774. The van der Waals surface area contributed by atoms with Crippen molar-refractivity contribution in [3.05, 3.63) is 94.3 Å². The van der Waals surface area contributed by atoms with Crippen LogP contribution < -0.4 is 25.4 Å². The molecule has 0 saturated carbocycles. The first kappa shape index (κ1) is 22.0. The van der Waals surface area contributed by atoms with Gasteiger partial charge < -0.3 is 9.47 Å². The Hall–Kier alpha value is -3.85. The second-order valence-corrected chi connectivity index (χ2v) is 8.50. The number of ether oxygens (including phenoxy) is 2. The quantitative estimate of drug-likeness (QED) is 0.613. The van der Waals surface area contributed by atoms with Crippen LogP contribution in [-0.2, 0) is 10.5 Å². The van der Waals surface area contributed by atoms with Gasteiger partial charge in [0.1, 0.15) is 11.5 Å². The first-order chi connectivity index (χ1) is 16.6. The number of hydrogen-bond acceptors (Lipinski definition) is 7. The first-order valence-corrected chi connectivity index (χ1v) is 11.5. The molecule has 3 aromatic rings. The average Bonchev–Trinajstić information content (AvgIpc) is 2.87. The number of halogens is 1. The molecular weight excluding hydrogens is 455 g/mol. The van der Waals surface area contributed by atoms with E-state index >= 15 is 0 Å². The molecule has 7 nitrogen and oxygen atoms in total. The van der Waals surface area contributed by atoms with E-state index in [1.54, 1.807) is 43.5 Å². The Morgan fingerprint density at radius 2 is 1.82 bits per heavy atom. The molecule has 1 N–H and O–H groups in total. The van der Waals surface area contributed by atoms with Gasteiger partial charge in [0.25, 0.3) is 5.91 Å². The number of nitrogens with one attached hydrogen (secondary N) is 1. The molecule has 0 saturated heterocycles. The minimum atomic E-state index is -0.662. The molecule has 3 aromatic carbocycles. The topological polar surface area (TPSA) is 75.5 Å². The van der Waals surface area contributed by atoms with E-state index in [1.165, 1.54) is 17.8 Å². The monoisotopic (exact) mass is 476 g/mol. The molecule has 1 amide bonds. The molecule has 1 atom stereocenters. The van der Waals surface area contributed by atoms with Gasteiger partial charge >= 0.3 is 0 Å². The first-order valence-electron chi connectivity index (χ1n) is 10.5. The van der Waals surface area contributed by atoms with Gasteiger partial charge in [-0.1, -0.05) is 60.3 Å². The van der Waals surface area contributed by atoms with Gasteiger partial charge in [0.15, 0.2) is 22.8 Å². The minimum Gasteiger partial charge on any atom is -0.493 e. The summed E-state index contributed by atoms with van der Waals surface area (Å²) in [7, 11) is 3.13.